The number of hydrogen-bond acceptors (Lipinski definition) is 5. The molecule has 0 rings (SSSR count). The van der Waals surface area contributed by atoms with Crippen LogP contribution in [0, 0.1) is 0 Å². The van der Waals surface area contributed by atoms with Crippen molar-refractivity contribution in [3.8, 4) is 0 Å². The highest BCUT2D eigenvalue weighted by atomic mass is 32.2. The van der Waals surface area contributed by atoms with Crippen LogP contribution in [0.4, 0.5) is 4.79 Å². The highest BCUT2D eigenvalue weighted by Crippen LogP contribution is 2.02. The first-order valence-corrected chi connectivity index (χ1v) is 7.50. The molecule has 0 aromatic heterocycles. The van der Waals surface area contributed by atoms with Gasteiger partial charge in [0.1, 0.15) is 6.04 Å². The van der Waals surface area contributed by atoms with Crippen LogP contribution in [0.2, 0.25) is 0 Å². The van der Waals surface area contributed by atoms with Crippen LogP contribution in [0.3, 0.4) is 0 Å². The number of carbonyl (C=O) groups excluding carboxylic acids is 2. The van der Waals surface area contributed by atoms with E-state index in [-0.39, 0.29) is 18.9 Å². The zero-order valence-corrected chi connectivity index (χ0v) is 12.8. The summed E-state index contributed by atoms with van der Waals surface area (Å²) in [6.07, 6.45) is -0.0670. The van der Waals surface area contributed by atoms with Gasteiger partial charge in [0.05, 0.1) is 7.11 Å². The topological polar surface area (TPSA) is 105 Å². The largest absolute Gasteiger partial charge is 0.480 e. The van der Waals surface area contributed by atoms with Gasteiger partial charge in [0.2, 0.25) is 0 Å². The third-order valence-electron chi connectivity index (χ3n) is 2.42. The number of hydrogen-bond donors (Lipinski definition) is 3. The molecular formula is C12H22N2O5S. The number of ether oxygens (including phenoxy) is 1. The summed E-state index contributed by atoms with van der Waals surface area (Å²) in [6, 6.07) is -1.72. The molecule has 0 saturated heterocycles. The number of thioether (sulfide) groups is 1. The Morgan fingerprint density at radius 2 is 1.95 bits per heavy atom. The standard InChI is InChI=1S/C12H22N2O5S/c1-4-20-7-8(2)13-12(18)14-9(11(16)17)5-6-10(15)19-3/h8-9H,4-7H2,1-3H3,(H,16,17)(H2,13,14,18)/t8?,9-/m1/s1. The highest BCUT2D eigenvalue weighted by molar-refractivity contribution is 7.99. The second-order valence-corrected chi connectivity index (χ2v) is 5.50. The van der Waals surface area contributed by atoms with E-state index in [9.17, 15) is 14.4 Å². The number of amides is 2. The average molecular weight is 306 g/mol. The van der Waals surface area contributed by atoms with Crippen LogP contribution in [0.15, 0.2) is 0 Å². The van der Waals surface area contributed by atoms with Gasteiger partial charge in [0.15, 0.2) is 0 Å². The lowest BCUT2D eigenvalue weighted by Gasteiger charge is -2.17. The number of carbonyl (C=O) groups is 3. The predicted molar refractivity (Wildman–Crippen MR) is 76.8 cm³/mol. The van der Waals surface area contributed by atoms with Gasteiger partial charge in [-0.15, -0.1) is 0 Å². The number of rotatable bonds is 9. The Hall–Kier alpha value is -1.44. The molecule has 0 bridgehead atoms. The summed E-state index contributed by atoms with van der Waals surface area (Å²) in [5.74, 6) is 0.0137. The van der Waals surface area contributed by atoms with Gasteiger partial charge in [0.25, 0.3) is 0 Å². The minimum Gasteiger partial charge on any atom is -0.480 e. The van der Waals surface area contributed by atoms with Crippen LogP contribution in [0.5, 0.6) is 0 Å². The lowest BCUT2D eigenvalue weighted by molar-refractivity contribution is -0.142. The molecule has 1 unspecified atom stereocenters. The predicted octanol–water partition coefficient (Wildman–Crippen LogP) is 0.834. The van der Waals surface area contributed by atoms with Crippen LogP contribution in [-0.2, 0) is 14.3 Å². The molecule has 7 nitrogen and oxygen atoms in total. The Kier molecular flexibility index (Phi) is 9.61. The minimum absolute atomic E-state index is 0.00643. The zero-order valence-electron chi connectivity index (χ0n) is 12.0. The average Bonchev–Trinajstić information content (AvgIpc) is 2.40. The summed E-state index contributed by atoms with van der Waals surface area (Å²) in [6.45, 7) is 3.86. The van der Waals surface area contributed by atoms with Crippen molar-refractivity contribution >= 4 is 29.7 Å². The molecule has 0 radical (unpaired) electrons. The van der Waals surface area contributed by atoms with Gasteiger partial charge in [0, 0.05) is 18.2 Å². The monoisotopic (exact) mass is 306 g/mol. The van der Waals surface area contributed by atoms with Crippen molar-refractivity contribution in [1.29, 1.82) is 0 Å². The molecule has 2 amide bonds. The summed E-state index contributed by atoms with van der Waals surface area (Å²) in [5.41, 5.74) is 0. The Morgan fingerprint density at radius 3 is 2.45 bits per heavy atom. The van der Waals surface area contributed by atoms with Crippen molar-refractivity contribution in [3.63, 3.8) is 0 Å². The normalized spacial score (nSPS) is 13.2. The molecule has 2 atom stereocenters. The SMILES string of the molecule is CCSCC(C)NC(=O)N[C@H](CCC(=O)OC)C(=O)O. The van der Waals surface area contributed by atoms with Crippen molar-refractivity contribution in [2.75, 3.05) is 18.6 Å². The third kappa shape index (κ3) is 8.63. The van der Waals surface area contributed by atoms with Crippen LogP contribution < -0.4 is 10.6 Å². The van der Waals surface area contributed by atoms with E-state index in [0.717, 1.165) is 11.5 Å². The van der Waals surface area contributed by atoms with E-state index in [1.807, 2.05) is 13.8 Å². The van der Waals surface area contributed by atoms with E-state index in [1.54, 1.807) is 11.8 Å². The van der Waals surface area contributed by atoms with Crippen molar-refractivity contribution in [3.05, 3.63) is 0 Å². The number of aliphatic carboxylic acids is 1. The summed E-state index contributed by atoms with van der Waals surface area (Å²) >= 11 is 1.68. The lowest BCUT2D eigenvalue weighted by atomic mass is 10.1. The van der Waals surface area contributed by atoms with Crippen LogP contribution in [0.1, 0.15) is 26.7 Å². The van der Waals surface area contributed by atoms with Gasteiger partial charge >= 0.3 is 18.0 Å². The summed E-state index contributed by atoms with van der Waals surface area (Å²) in [7, 11) is 1.23. The zero-order chi connectivity index (χ0) is 15.5. The summed E-state index contributed by atoms with van der Waals surface area (Å²) in [4.78, 5) is 33.6. The number of methoxy groups -OCH3 is 1. The summed E-state index contributed by atoms with van der Waals surface area (Å²) in [5, 5.41) is 14.0. The fourth-order valence-electron chi connectivity index (χ4n) is 1.38. The van der Waals surface area contributed by atoms with E-state index < -0.39 is 24.0 Å². The van der Waals surface area contributed by atoms with Crippen molar-refractivity contribution in [1.82, 2.24) is 10.6 Å². The maximum absolute atomic E-state index is 11.6. The molecule has 0 saturated carbocycles. The van der Waals surface area contributed by atoms with Crippen molar-refractivity contribution < 1.29 is 24.2 Å². The Balaban J connectivity index is 4.20. The summed E-state index contributed by atoms with van der Waals surface area (Å²) < 4.78 is 4.43. The van der Waals surface area contributed by atoms with E-state index in [2.05, 4.69) is 15.4 Å². The molecule has 0 spiro atoms. The smallest absolute Gasteiger partial charge is 0.326 e. The number of carboxylic acid groups (broad SMARTS) is 1. The first kappa shape index (κ1) is 18.6. The minimum atomic E-state index is -1.18. The maximum Gasteiger partial charge on any atom is 0.326 e. The number of carboxylic acids is 1. The molecule has 0 heterocycles. The molecule has 0 aliphatic carbocycles. The van der Waals surface area contributed by atoms with Gasteiger partial charge in [-0.1, -0.05) is 6.92 Å². The first-order valence-electron chi connectivity index (χ1n) is 6.35. The lowest BCUT2D eigenvalue weighted by Crippen LogP contribution is -2.49. The Morgan fingerprint density at radius 1 is 1.30 bits per heavy atom. The van der Waals surface area contributed by atoms with E-state index in [0.29, 0.717) is 0 Å². The van der Waals surface area contributed by atoms with Crippen LogP contribution in [0.25, 0.3) is 0 Å². The molecule has 0 aliphatic rings. The van der Waals surface area contributed by atoms with E-state index >= 15 is 0 Å². The fraction of sp³-hybridized carbons (Fsp3) is 0.750. The molecule has 116 valence electrons. The molecule has 0 aliphatic heterocycles. The third-order valence-corrected chi connectivity index (χ3v) is 3.56. The van der Waals surface area contributed by atoms with Gasteiger partial charge in [-0.25, -0.2) is 9.59 Å². The van der Waals surface area contributed by atoms with Crippen LogP contribution in [-0.4, -0.2) is 53.8 Å². The maximum atomic E-state index is 11.6. The van der Waals surface area contributed by atoms with Crippen molar-refractivity contribution in [2.45, 2.75) is 38.8 Å². The van der Waals surface area contributed by atoms with Crippen LogP contribution >= 0.6 is 11.8 Å². The first-order chi connectivity index (χ1) is 9.40. The molecular weight excluding hydrogens is 284 g/mol. The van der Waals surface area contributed by atoms with Gasteiger partial charge < -0.3 is 20.5 Å². The number of urea groups is 1. The second kappa shape index (κ2) is 10.4. The number of nitrogens with one attached hydrogen (secondary N) is 2. The van der Waals surface area contributed by atoms with E-state index in [1.165, 1.54) is 7.11 Å². The highest BCUT2D eigenvalue weighted by Gasteiger charge is 2.21. The van der Waals surface area contributed by atoms with E-state index in [4.69, 9.17) is 5.11 Å². The Bertz CT molecular complexity index is 338. The molecule has 0 fully saturated rings. The molecule has 0 aromatic carbocycles. The fourth-order valence-corrected chi connectivity index (χ4v) is 2.05. The van der Waals surface area contributed by atoms with Gasteiger partial charge in [-0.05, 0) is 19.1 Å². The number of esters is 1. The molecule has 20 heavy (non-hydrogen) atoms. The molecule has 0 aromatic rings. The second-order valence-electron chi connectivity index (χ2n) is 4.18. The van der Waals surface area contributed by atoms with Gasteiger partial charge in [-0.3, -0.25) is 4.79 Å². The van der Waals surface area contributed by atoms with Gasteiger partial charge in [-0.2, -0.15) is 11.8 Å². The Labute approximate surface area is 122 Å². The van der Waals surface area contributed by atoms with Crippen molar-refractivity contribution in [2.24, 2.45) is 0 Å². The molecule has 8 heteroatoms. The quantitative estimate of drug-likeness (QED) is 0.545. The molecule has 3 N–H and O–H groups in total.